The first kappa shape index (κ1) is 18.4. The highest BCUT2D eigenvalue weighted by atomic mass is 35.5. The minimum absolute atomic E-state index is 0. The summed E-state index contributed by atoms with van der Waals surface area (Å²) in [5.74, 6) is -0.210. The molecule has 0 aromatic carbocycles. The third kappa shape index (κ3) is 4.17. The molecule has 1 aromatic heterocycles. The Labute approximate surface area is 135 Å². The fourth-order valence-corrected chi connectivity index (χ4v) is 4.58. The summed E-state index contributed by atoms with van der Waals surface area (Å²) in [5.41, 5.74) is 5.64. The van der Waals surface area contributed by atoms with Crippen molar-refractivity contribution >= 4 is 39.7 Å². The molecule has 6 nitrogen and oxygen atoms in total. The number of likely N-dealkylation sites (tertiary alicyclic amines) is 1. The lowest BCUT2D eigenvalue weighted by Gasteiger charge is -2.26. The van der Waals surface area contributed by atoms with Gasteiger partial charge in [0.15, 0.2) is 0 Å². The average Bonchev–Trinajstić information content (AvgIpc) is 3.08. The summed E-state index contributed by atoms with van der Waals surface area (Å²) < 4.78 is 26.8. The standard InChI is InChI=1S/C12H19N3O3S2.ClH/c1-9(12(16)15-6-2-4-10(15)8-13)14-20(17,18)11-5-3-7-19-11;/h3,5,7,9-10,14H,2,4,6,8,13H2,1H3;1H. The van der Waals surface area contributed by atoms with E-state index in [-0.39, 0.29) is 28.6 Å². The van der Waals surface area contributed by atoms with Gasteiger partial charge in [0.1, 0.15) is 4.21 Å². The van der Waals surface area contributed by atoms with E-state index in [2.05, 4.69) is 4.72 Å². The lowest BCUT2D eigenvalue weighted by Crippen LogP contribution is -2.49. The Morgan fingerprint density at radius 3 is 2.90 bits per heavy atom. The Balaban J connectivity index is 0.00000220. The molecule has 1 fully saturated rings. The van der Waals surface area contributed by atoms with Crippen LogP contribution in [0.4, 0.5) is 0 Å². The van der Waals surface area contributed by atoms with Gasteiger partial charge in [-0.15, -0.1) is 23.7 Å². The Morgan fingerprint density at radius 1 is 1.62 bits per heavy atom. The predicted octanol–water partition coefficient (Wildman–Crippen LogP) is 0.786. The Morgan fingerprint density at radius 2 is 2.33 bits per heavy atom. The van der Waals surface area contributed by atoms with Gasteiger partial charge in [-0.1, -0.05) is 6.07 Å². The lowest BCUT2D eigenvalue weighted by atomic mass is 10.2. The van der Waals surface area contributed by atoms with Crippen LogP contribution >= 0.6 is 23.7 Å². The molecule has 21 heavy (non-hydrogen) atoms. The molecule has 0 saturated carbocycles. The smallest absolute Gasteiger partial charge is 0.250 e. The summed E-state index contributed by atoms with van der Waals surface area (Å²) in [5, 5.41) is 1.69. The van der Waals surface area contributed by atoms with Crippen molar-refractivity contribution in [1.29, 1.82) is 0 Å². The Kier molecular flexibility index (Phi) is 6.61. The number of nitrogens with one attached hydrogen (secondary N) is 1. The summed E-state index contributed by atoms with van der Waals surface area (Å²) in [6, 6.07) is 2.42. The van der Waals surface area contributed by atoms with Crippen LogP contribution in [0.15, 0.2) is 21.7 Å². The molecule has 0 radical (unpaired) electrons. The number of carbonyl (C=O) groups is 1. The highest BCUT2D eigenvalue weighted by Gasteiger charge is 2.32. The summed E-state index contributed by atoms with van der Waals surface area (Å²) >= 11 is 1.13. The first-order valence-electron chi connectivity index (χ1n) is 6.52. The summed E-state index contributed by atoms with van der Waals surface area (Å²) in [4.78, 5) is 14.0. The van der Waals surface area contributed by atoms with Crippen LogP contribution in [-0.2, 0) is 14.8 Å². The van der Waals surface area contributed by atoms with Gasteiger partial charge in [0.05, 0.1) is 6.04 Å². The molecule has 0 aliphatic carbocycles. The van der Waals surface area contributed by atoms with E-state index in [0.717, 1.165) is 24.2 Å². The second kappa shape index (κ2) is 7.55. The highest BCUT2D eigenvalue weighted by Crippen LogP contribution is 2.19. The number of thiophene rings is 1. The van der Waals surface area contributed by atoms with Gasteiger partial charge in [-0.2, -0.15) is 4.72 Å². The van der Waals surface area contributed by atoms with Crippen molar-refractivity contribution in [2.24, 2.45) is 5.73 Å². The molecule has 1 saturated heterocycles. The number of nitrogens with zero attached hydrogens (tertiary/aromatic N) is 1. The number of amides is 1. The van der Waals surface area contributed by atoms with Crippen molar-refractivity contribution in [3.63, 3.8) is 0 Å². The molecule has 2 heterocycles. The van der Waals surface area contributed by atoms with Gasteiger partial charge in [-0.05, 0) is 31.2 Å². The number of hydrogen-bond donors (Lipinski definition) is 2. The lowest BCUT2D eigenvalue weighted by molar-refractivity contribution is -0.133. The van der Waals surface area contributed by atoms with Crippen molar-refractivity contribution in [3.05, 3.63) is 17.5 Å². The van der Waals surface area contributed by atoms with Crippen molar-refractivity contribution < 1.29 is 13.2 Å². The summed E-state index contributed by atoms with van der Waals surface area (Å²) in [7, 11) is -3.63. The van der Waals surface area contributed by atoms with Gasteiger partial charge < -0.3 is 10.6 Å². The molecule has 2 unspecified atom stereocenters. The quantitative estimate of drug-likeness (QED) is 0.818. The topological polar surface area (TPSA) is 92.5 Å². The van der Waals surface area contributed by atoms with Gasteiger partial charge in [-0.3, -0.25) is 4.79 Å². The van der Waals surface area contributed by atoms with Crippen LogP contribution in [0.1, 0.15) is 19.8 Å². The van der Waals surface area contributed by atoms with Gasteiger partial charge in [-0.25, -0.2) is 8.42 Å². The minimum Gasteiger partial charge on any atom is -0.337 e. The first-order valence-corrected chi connectivity index (χ1v) is 8.88. The molecule has 120 valence electrons. The molecule has 0 spiro atoms. The number of hydrogen-bond acceptors (Lipinski definition) is 5. The van der Waals surface area contributed by atoms with E-state index in [4.69, 9.17) is 5.73 Å². The van der Waals surface area contributed by atoms with E-state index in [1.54, 1.807) is 23.3 Å². The van der Waals surface area contributed by atoms with Gasteiger partial charge in [0.25, 0.3) is 10.0 Å². The largest absolute Gasteiger partial charge is 0.337 e. The normalized spacial score (nSPS) is 20.1. The molecule has 1 aliphatic heterocycles. The van der Waals surface area contributed by atoms with Crippen molar-refractivity contribution in [3.8, 4) is 0 Å². The second-order valence-electron chi connectivity index (χ2n) is 4.84. The first-order chi connectivity index (χ1) is 9.45. The maximum absolute atomic E-state index is 12.3. The van der Waals surface area contributed by atoms with Crippen LogP contribution < -0.4 is 10.5 Å². The molecular weight excluding hydrogens is 334 g/mol. The van der Waals surface area contributed by atoms with Crippen molar-refractivity contribution in [1.82, 2.24) is 9.62 Å². The molecule has 2 rings (SSSR count). The molecule has 1 aliphatic rings. The van der Waals surface area contributed by atoms with Crippen molar-refractivity contribution in [2.75, 3.05) is 13.1 Å². The van der Waals surface area contributed by atoms with Gasteiger partial charge >= 0.3 is 0 Å². The highest BCUT2D eigenvalue weighted by molar-refractivity contribution is 7.91. The van der Waals surface area contributed by atoms with E-state index >= 15 is 0 Å². The minimum atomic E-state index is -3.63. The van der Waals surface area contributed by atoms with Crippen LogP contribution in [-0.4, -0.2) is 44.4 Å². The maximum atomic E-state index is 12.3. The molecular formula is C12H20ClN3O3S2. The Hall–Kier alpha value is -0.670. The van der Waals surface area contributed by atoms with E-state index in [9.17, 15) is 13.2 Å². The third-order valence-electron chi connectivity index (χ3n) is 3.39. The van der Waals surface area contributed by atoms with Crippen molar-refractivity contribution in [2.45, 2.75) is 36.1 Å². The van der Waals surface area contributed by atoms with E-state index in [0.29, 0.717) is 13.1 Å². The monoisotopic (exact) mass is 353 g/mol. The fraction of sp³-hybridized carbons (Fsp3) is 0.583. The van der Waals surface area contributed by atoms with Crippen LogP contribution in [0, 0.1) is 0 Å². The third-order valence-corrected chi connectivity index (χ3v) is 6.33. The fourth-order valence-electron chi connectivity index (χ4n) is 2.38. The number of rotatable bonds is 5. The molecule has 0 bridgehead atoms. The van der Waals surface area contributed by atoms with Crippen LogP contribution in [0.25, 0.3) is 0 Å². The van der Waals surface area contributed by atoms with Gasteiger partial charge in [0.2, 0.25) is 5.91 Å². The number of carbonyl (C=O) groups excluding carboxylic acids is 1. The summed E-state index contributed by atoms with van der Waals surface area (Å²) in [6.07, 6.45) is 1.80. The molecule has 2 atom stereocenters. The van der Waals surface area contributed by atoms with E-state index in [1.165, 1.54) is 6.07 Å². The molecule has 9 heteroatoms. The Bertz CT molecular complexity index is 562. The van der Waals surface area contributed by atoms with E-state index in [1.807, 2.05) is 0 Å². The number of nitrogens with two attached hydrogens (primary N) is 1. The van der Waals surface area contributed by atoms with Gasteiger partial charge in [0, 0.05) is 19.1 Å². The molecule has 1 aromatic rings. The van der Waals surface area contributed by atoms with Crippen LogP contribution in [0.2, 0.25) is 0 Å². The SMILES string of the molecule is CC(NS(=O)(=O)c1cccs1)C(=O)N1CCCC1CN.Cl. The maximum Gasteiger partial charge on any atom is 0.250 e. The second-order valence-corrected chi connectivity index (χ2v) is 7.73. The predicted molar refractivity (Wildman–Crippen MR) is 85.1 cm³/mol. The zero-order valence-electron chi connectivity index (χ0n) is 11.7. The van der Waals surface area contributed by atoms with Crippen LogP contribution in [0.5, 0.6) is 0 Å². The summed E-state index contributed by atoms with van der Waals surface area (Å²) in [6.45, 7) is 2.63. The van der Waals surface area contributed by atoms with E-state index < -0.39 is 16.1 Å². The number of sulfonamides is 1. The molecule has 3 N–H and O–H groups in total. The average molecular weight is 354 g/mol. The zero-order valence-corrected chi connectivity index (χ0v) is 14.1. The number of halogens is 1. The zero-order chi connectivity index (χ0) is 14.8. The molecule has 1 amide bonds. The van der Waals surface area contributed by atoms with Crippen LogP contribution in [0.3, 0.4) is 0 Å².